The second kappa shape index (κ2) is 9.04. The van der Waals surface area contributed by atoms with Gasteiger partial charge in [0.2, 0.25) is 0 Å². The van der Waals surface area contributed by atoms with Crippen molar-refractivity contribution in [3.05, 3.63) is 71.3 Å². The number of amides is 1. The molecular formula is C23H24N2O3. The third kappa shape index (κ3) is 4.14. The molecule has 3 rings (SSSR count). The fourth-order valence-electron chi connectivity index (χ4n) is 3.05. The first kappa shape index (κ1) is 19.4. The van der Waals surface area contributed by atoms with E-state index in [0.717, 1.165) is 28.3 Å². The van der Waals surface area contributed by atoms with Gasteiger partial charge in [-0.3, -0.25) is 4.79 Å². The summed E-state index contributed by atoms with van der Waals surface area (Å²) in [6.07, 6.45) is 2.46. The highest BCUT2D eigenvalue weighted by Crippen LogP contribution is 2.30. The van der Waals surface area contributed by atoms with Gasteiger partial charge in [-0.25, -0.2) is 5.43 Å². The standard InChI is InChI=1S/C23H24N2O3/c1-4-14-28-22-18(9-7-11-20(22)27-3)15-24-25-23(26)21-16(2)12-13-17-8-5-6-10-19(17)21/h5-13,15H,4,14H2,1-3H3,(H,25,26)/b24-15-. The summed E-state index contributed by atoms with van der Waals surface area (Å²) in [5, 5.41) is 6.07. The van der Waals surface area contributed by atoms with Gasteiger partial charge < -0.3 is 9.47 Å². The zero-order valence-corrected chi connectivity index (χ0v) is 16.4. The number of carbonyl (C=O) groups excluding carboxylic acids is 1. The van der Waals surface area contributed by atoms with E-state index in [2.05, 4.69) is 10.5 Å². The molecule has 0 heterocycles. The fraction of sp³-hybridized carbons (Fsp3) is 0.217. The topological polar surface area (TPSA) is 59.9 Å². The number of hydrogen-bond acceptors (Lipinski definition) is 4. The summed E-state index contributed by atoms with van der Waals surface area (Å²) >= 11 is 0. The lowest BCUT2D eigenvalue weighted by Crippen LogP contribution is -2.19. The lowest BCUT2D eigenvalue weighted by molar-refractivity contribution is 0.0956. The molecule has 3 aromatic carbocycles. The summed E-state index contributed by atoms with van der Waals surface area (Å²) in [7, 11) is 1.60. The number of hydrogen-bond donors (Lipinski definition) is 1. The Labute approximate surface area is 165 Å². The number of methoxy groups -OCH3 is 1. The largest absolute Gasteiger partial charge is 0.493 e. The molecule has 0 aliphatic carbocycles. The number of rotatable bonds is 7. The smallest absolute Gasteiger partial charge is 0.272 e. The first-order valence-corrected chi connectivity index (χ1v) is 9.27. The molecule has 0 aliphatic heterocycles. The molecule has 3 aromatic rings. The number of para-hydroxylation sites is 1. The number of aryl methyl sites for hydroxylation is 1. The number of nitrogens with zero attached hydrogens (tertiary/aromatic N) is 1. The molecular weight excluding hydrogens is 352 g/mol. The van der Waals surface area contributed by atoms with Crippen molar-refractivity contribution in [2.45, 2.75) is 20.3 Å². The Morgan fingerprint density at radius 1 is 1.11 bits per heavy atom. The molecule has 5 heteroatoms. The molecule has 0 saturated carbocycles. The van der Waals surface area contributed by atoms with Crippen molar-refractivity contribution in [2.24, 2.45) is 5.10 Å². The molecule has 5 nitrogen and oxygen atoms in total. The molecule has 0 aromatic heterocycles. The first-order valence-electron chi connectivity index (χ1n) is 9.27. The monoisotopic (exact) mass is 376 g/mol. The van der Waals surface area contributed by atoms with Crippen LogP contribution in [0.1, 0.15) is 34.8 Å². The van der Waals surface area contributed by atoms with Crippen LogP contribution in [0.2, 0.25) is 0 Å². The maximum Gasteiger partial charge on any atom is 0.272 e. The summed E-state index contributed by atoms with van der Waals surface area (Å²) in [6.45, 7) is 4.53. The van der Waals surface area contributed by atoms with Crippen LogP contribution in [0, 0.1) is 6.92 Å². The third-order valence-electron chi connectivity index (χ3n) is 4.41. The average Bonchev–Trinajstić information content (AvgIpc) is 2.72. The Bertz CT molecular complexity index is 1010. The van der Waals surface area contributed by atoms with Crippen LogP contribution in [0.5, 0.6) is 11.5 Å². The molecule has 0 radical (unpaired) electrons. The van der Waals surface area contributed by atoms with Gasteiger partial charge in [-0.05, 0) is 41.8 Å². The van der Waals surface area contributed by atoms with Crippen molar-refractivity contribution in [3.63, 3.8) is 0 Å². The summed E-state index contributed by atoms with van der Waals surface area (Å²) in [6, 6.07) is 17.3. The van der Waals surface area contributed by atoms with E-state index in [9.17, 15) is 4.79 Å². The predicted octanol–water partition coefficient (Wildman–Crippen LogP) is 4.71. The molecule has 0 bridgehead atoms. The highest BCUT2D eigenvalue weighted by Gasteiger charge is 2.13. The van der Waals surface area contributed by atoms with Crippen molar-refractivity contribution in [2.75, 3.05) is 13.7 Å². The number of carbonyl (C=O) groups is 1. The van der Waals surface area contributed by atoms with Crippen LogP contribution in [0.4, 0.5) is 0 Å². The summed E-state index contributed by atoms with van der Waals surface area (Å²) in [4.78, 5) is 12.8. The lowest BCUT2D eigenvalue weighted by Gasteiger charge is -2.12. The van der Waals surface area contributed by atoms with Gasteiger partial charge in [-0.1, -0.05) is 49.4 Å². The van der Waals surface area contributed by atoms with E-state index >= 15 is 0 Å². The fourth-order valence-corrected chi connectivity index (χ4v) is 3.05. The van der Waals surface area contributed by atoms with Crippen LogP contribution in [-0.2, 0) is 0 Å². The number of hydrazone groups is 1. The van der Waals surface area contributed by atoms with E-state index in [4.69, 9.17) is 9.47 Å². The van der Waals surface area contributed by atoms with Crippen LogP contribution in [0.3, 0.4) is 0 Å². The van der Waals surface area contributed by atoms with Crippen LogP contribution >= 0.6 is 0 Å². The normalized spacial score (nSPS) is 11.0. The number of ether oxygens (including phenoxy) is 2. The van der Waals surface area contributed by atoms with Gasteiger partial charge in [0.25, 0.3) is 5.91 Å². The molecule has 1 amide bonds. The molecule has 0 unspecified atom stereocenters. The van der Waals surface area contributed by atoms with Gasteiger partial charge in [0.1, 0.15) is 0 Å². The Kier molecular flexibility index (Phi) is 6.27. The minimum atomic E-state index is -0.246. The van der Waals surface area contributed by atoms with Gasteiger partial charge in [0, 0.05) is 5.56 Å². The first-order chi connectivity index (χ1) is 13.7. The van der Waals surface area contributed by atoms with Gasteiger partial charge >= 0.3 is 0 Å². The van der Waals surface area contributed by atoms with Gasteiger partial charge in [-0.15, -0.1) is 0 Å². The van der Waals surface area contributed by atoms with Crippen LogP contribution in [0.15, 0.2) is 59.7 Å². The minimum absolute atomic E-state index is 0.246. The Hall–Kier alpha value is -3.34. The van der Waals surface area contributed by atoms with Gasteiger partial charge in [0.05, 0.1) is 25.5 Å². The van der Waals surface area contributed by atoms with Crippen LogP contribution in [-0.4, -0.2) is 25.8 Å². The molecule has 0 saturated heterocycles. The Morgan fingerprint density at radius 3 is 2.71 bits per heavy atom. The van der Waals surface area contributed by atoms with E-state index in [0.29, 0.717) is 23.7 Å². The average molecular weight is 376 g/mol. The van der Waals surface area contributed by atoms with Crippen molar-refractivity contribution >= 4 is 22.9 Å². The third-order valence-corrected chi connectivity index (χ3v) is 4.41. The van der Waals surface area contributed by atoms with Crippen LogP contribution in [0.25, 0.3) is 10.8 Å². The van der Waals surface area contributed by atoms with Crippen LogP contribution < -0.4 is 14.9 Å². The number of fused-ring (bicyclic) bond motifs is 1. The predicted molar refractivity (Wildman–Crippen MR) is 113 cm³/mol. The molecule has 1 N–H and O–H groups in total. The Morgan fingerprint density at radius 2 is 1.93 bits per heavy atom. The molecule has 0 spiro atoms. The molecule has 144 valence electrons. The quantitative estimate of drug-likeness (QED) is 0.480. The van der Waals surface area contributed by atoms with E-state index in [1.54, 1.807) is 13.3 Å². The van der Waals surface area contributed by atoms with Gasteiger partial charge in [0.15, 0.2) is 11.5 Å². The maximum absolute atomic E-state index is 12.8. The van der Waals surface area contributed by atoms with Crippen molar-refractivity contribution in [1.29, 1.82) is 0 Å². The molecule has 0 aliphatic rings. The summed E-state index contributed by atoms with van der Waals surface area (Å²) in [5.74, 6) is 1.00. The SMILES string of the molecule is CCCOc1c(/C=N\NC(=O)c2c(C)ccc3ccccc23)cccc1OC. The highest BCUT2D eigenvalue weighted by molar-refractivity contribution is 6.08. The minimum Gasteiger partial charge on any atom is -0.493 e. The van der Waals surface area contributed by atoms with E-state index in [1.165, 1.54) is 0 Å². The summed E-state index contributed by atoms with van der Waals surface area (Å²) < 4.78 is 11.2. The van der Waals surface area contributed by atoms with Crippen molar-refractivity contribution in [3.8, 4) is 11.5 Å². The molecule has 28 heavy (non-hydrogen) atoms. The van der Waals surface area contributed by atoms with Gasteiger partial charge in [-0.2, -0.15) is 5.10 Å². The van der Waals surface area contributed by atoms with Crippen molar-refractivity contribution < 1.29 is 14.3 Å². The Balaban J connectivity index is 1.84. The maximum atomic E-state index is 12.8. The zero-order valence-electron chi connectivity index (χ0n) is 16.4. The highest BCUT2D eigenvalue weighted by atomic mass is 16.5. The van der Waals surface area contributed by atoms with E-state index in [-0.39, 0.29) is 5.91 Å². The second-order valence-corrected chi connectivity index (χ2v) is 6.40. The number of benzene rings is 3. The van der Waals surface area contributed by atoms with E-state index in [1.807, 2.05) is 68.4 Å². The molecule has 0 atom stereocenters. The zero-order chi connectivity index (χ0) is 19.9. The lowest BCUT2D eigenvalue weighted by atomic mass is 9.99. The summed E-state index contributed by atoms with van der Waals surface area (Å²) in [5.41, 5.74) is 4.90. The number of nitrogens with one attached hydrogen (secondary N) is 1. The van der Waals surface area contributed by atoms with Crippen molar-refractivity contribution in [1.82, 2.24) is 5.43 Å². The molecule has 0 fully saturated rings. The van der Waals surface area contributed by atoms with E-state index < -0.39 is 0 Å². The second-order valence-electron chi connectivity index (χ2n) is 6.40.